The van der Waals surface area contributed by atoms with Crippen LogP contribution in [0, 0.1) is 0 Å². The first-order valence-electron chi connectivity index (χ1n) is 10.8. The van der Waals surface area contributed by atoms with Crippen LogP contribution in [0.15, 0.2) is 121 Å². The third-order valence-electron chi connectivity index (χ3n) is 5.78. The van der Waals surface area contributed by atoms with Gasteiger partial charge in [-0.15, -0.1) is 0 Å². The summed E-state index contributed by atoms with van der Waals surface area (Å²) in [5.74, 6) is 0. The zero-order chi connectivity index (χ0) is 24.0. The summed E-state index contributed by atoms with van der Waals surface area (Å²) in [7, 11) is -4.46. The first kappa shape index (κ1) is 23.9. The molecule has 0 radical (unpaired) electrons. The zero-order valence-corrected chi connectivity index (χ0v) is 18.3. The molecular formula is C26H24B2O6. The Bertz CT molecular complexity index is 985. The monoisotopic (exact) mass is 454 g/mol. The van der Waals surface area contributed by atoms with Gasteiger partial charge in [0.1, 0.15) is 11.2 Å². The Morgan fingerprint density at radius 2 is 0.588 bits per heavy atom. The van der Waals surface area contributed by atoms with E-state index < -0.39 is 25.8 Å². The molecular weight excluding hydrogens is 430 g/mol. The molecule has 0 amide bonds. The van der Waals surface area contributed by atoms with Crippen molar-refractivity contribution in [2.24, 2.45) is 0 Å². The first-order valence-corrected chi connectivity index (χ1v) is 10.8. The fraction of sp³-hybridized carbons (Fsp3) is 0.0769. The summed E-state index contributed by atoms with van der Waals surface area (Å²) >= 11 is 0. The van der Waals surface area contributed by atoms with Crippen molar-refractivity contribution in [3.8, 4) is 0 Å². The lowest BCUT2D eigenvalue weighted by Crippen LogP contribution is -2.58. The molecule has 0 fully saturated rings. The fourth-order valence-electron chi connectivity index (χ4n) is 4.59. The van der Waals surface area contributed by atoms with Gasteiger partial charge in [0, 0.05) is 0 Å². The summed E-state index contributed by atoms with van der Waals surface area (Å²) in [6, 6.07) is 35.7. The van der Waals surface area contributed by atoms with Crippen molar-refractivity contribution in [1.82, 2.24) is 0 Å². The van der Waals surface area contributed by atoms with Gasteiger partial charge in [0.15, 0.2) is 0 Å². The molecule has 4 aromatic rings. The van der Waals surface area contributed by atoms with Crippen LogP contribution in [0.1, 0.15) is 22.3 Å². The number of hydrogen-bond donors (Lipinski definition) is 4. The van der Waals surface area contributed by atoms with Crippen molar-refractivity contribution in [2.75, 3.05) is 0 Å². The highest BCUT2D eigenvalue weighted by atomic mass is 16.7. The molecule has 0 saturated heterocycles. The van der Waals surface area contributed by atoms with Crippen LogP contribution in [-0.2, 0) is 20.5 Å². The minimum atomic E-state index is -2.23. The minimum Gasteiger partial charge on any atom is -0.402 e. The maximum Gasteiger partial charge on any atom is 0.634 e. The molecule has 4 N–H and O–H groups in total. The van der Waals surface area contributed by atoms with Gasteiger partial charge in [0.05, 0.1) is 0 Å². The molecule has 0 spiro atoms. The average molecular weight is 454 g/mol. The standard InChI is InChI=1S/C26H24B2O6/c29-27(30)33-25(21-13-5-1-6-14-21,22-15-7-2-8-16-22)26(34-28(31)32,23-17-9-3-10-18-23)24-19-11-4-12-20-24/h1-20,29-32H. The molecule has 0 aliphatic rings. The largest absolute Gasteiger partial charge is 0.634 e. The van der Waals surface area contributed by atoms with Gasteiger partial charge in [0.2, 0.25) is 0 Å². The minimum absolute atomic E-state index is 0.502. The summed E-state index contributed by atoms with van der Waals surface area (Å²) in [6.45, 7) is 0. The lowest BCUT2D eigenvalue weighted by atomic mass is 9.64. The van der Waals surface area contributed by atoms with Crippen LogP contribution >= 0.6 is 0 Å². The van der Waals surface area contributed by atoms with Crippen molar-refractivity contribution in [3.63, 3.8) is 0 Å². The Labute approximate surface area is 199 Å². The van der Waals surface area contributed by atoms with Crippen molar-refractivity contribution >= 4 is 14.6 Å². The summed E-state index contributed by atoms with van der Waals surface area (Å²) in [4.78, 5) is 0. The maximum atomic E-state index is 10.3. The lowest BCUT2D eigenvalue weighted by Gasteiger charge is -2.51. The molecule has 4 rings (SSSR count). The van der Waals surface area contributed by atoms with E-state index in [4.69, 9.17) is 9.31 Å². The Morgan fingerprint density at radius 1 is 0.382 bits per heavy atom. The lowest BCUT2D eigenvalue weighted by molar-refractivity contribution is -0.115. The van der Waals surface area contributed by atoms with E-state index in [-0.39, 0.29) is 0 Å². The Morgan fingerprint density at radius 3 is 0.765 bits per heavy atom. The molecule has 0 aliphatic carbocycles. The molecule has 0 unspecified atom stereocenters. The van der Waals surface area contributed by atoms with E-state index in [2.05, 4.69) is 0 Å². The maximum absolute atomic E-state index is 10.3. The van der Waals surface area contributed by atoms with Gasteiger partial charge in [-0.2, -0.15) is 0 Å². The van der Waals surface area contributed by atoms with E-state index in [1.807, 2.05) is 24.3 Å². The summed E-state index contributed by atoms with van der Waals surface area (Å²) in [5, 5.41) is 41.0. The second-order valence-electron chi connectivity index (χ2n) is 7.71. The van der Waals surface area contributed by atoms with E-state index in [9.17, 15) is 20.1 Å². The third-order valence-corrected chi connectivity index (χ3v) is 5.78. The molecule has 0 aromatic heterocycles. The Balaban J connectivity index is 2.23. The van der Waals surface area contributed by atoms with Gasteiger partial charge < -0.3 is 29.4 Å². The molecule has 0 atom stereocenters. The van der Waals surface area contributed by atoms with Gasteiger partial charge >= 0.3 is 14.6 Å². The molecule has 0 saturated carbocycles. The van der Waals surface area contributed by atoms with Gasteiger partial charge in [-0.05, 0) is 22.3 Å². The summed E-state index contributed by atoms with van der Waals surface area (Å²) < 4.78 is 12.1. The van der Waals surface area contributed by atoms with Crippen molar-refractivity contribution < 1.29 is 29.4 Å². The molecule has 6 nitrogen and oxygen atoms in total. The van der Waals surface area contributed by atoms with Crippen LogP contribution < -0.4 is 0 Å². The molecule has 0 heterocycles. The smallest absolute Gasteiger partial charge is 0.402 e. The predicted octanol–water partition coefficient (Wildman–Crippen LogP) is 2.85. The molecule has 8 heteroatoms. The van der Waals surface area contributed by atoms with Gasteiger partial charge in [0.25, 0.3) is 0 Å². The molecule has 34 heavy (non-hydrogen) atoms. The second kappa shape index (κ2) is 10.4. The topological polar surface area (TPSA) is 99.4 Å². The first-order chi connectivity index (χ1) is 16.5. The molecule has 170 valence electrons. The van der Waals surface area contributed by atoms with Gasteiger partial charge in [-0.1, -0.05) is 121 Å². The fourth-order valence-corrected chi connectivity index (χ4v) is 4.59. The van der Waals surface area contributed by atoms with E-state index >= 15 is 0 Å². The highest BCUT2D eigenvalue weighted by molar-refractivity contribution is 6.33. The highest BCUT2D eigenvalue weighted by Gasteiger charge is 2.60. The molecule has 4 aromatic carbocycles. The van der Waals surface area contributed by atoms with Crippen LogP contribution in [0.5, 0.6) is 0 Å². The normalized spacial score (nSPS) is 11.8. The highest BCUT2D eigenvalue weighted by Crippen LogP contribution is 2.54. The van der Waals surface area contributed by atoms with Crippen LogP contribution in [0.3, 0.4) is 0 Å². The van der Waals surface area contributed by atoms with E-state index in [1.165, 1.54) is 0 Å². The van der Waals surface area contributed by atoms with Crippen molar-refractivity contribution in [2.45, 2.75) is 11.2 Å². The number of hydrogen-bond acceptors (Lipinski definition) is 6. The summed E-state index contributed by atoms with van der Waals surface area (Å²) in [6.07, 6.45) is 0. The number of benzene rings is 4. The summed E-state index contributed by atoms with van der Waals surface area (Å²) in [5.41, 5.74) is -1.55. The zero-order valence-electron chi connectivity index (χ0n) is 18.3. The van der Waals surface area contributed by atoms with Gasteiger partial charge in [-0.3, -0.25) is 0 Å². The van der Waals surface area contributed by atoms with Crippen LogP contribution in [-0.4, -0.2) is 34.7 Å². The number of rotatable bonds is 9. The Kier molecular flexibility index (Phi) is 7.29. The van der Waals surface area contributed by atoms with Crippen molar-refractivity contribution in [3.05, 3.63) is 144 Å². The van der Waals surface area contributed by atoms with Crippen LogP contribution in [0.25, 0.3) is 0 Å². The average Bonchev–Trinajstić information content (AvgIpc) is 2.88. The second-order valence-corrected chi connectivity index (χ2v) is 7.71. The van der Waals surface area contributed by atoms with E-state index in [1.54, 1.807) is 97.1 Å². The third kappa shape index (κ3) is 4.31. The Hall–Kier alpha value is -3.23. The van der Waals surface area contributed by atoms with Gasteiger partial charge in [-0.25, -0.2) is 0 Å². The van der Waals surface area contributed by atoms with E-state index in [0.29, 0.717) is 22.3 Å². The SMILES string of the molecule is OB(O)OC(c1ccccc1)(c1ccccc1)C(OB(O)O)(c1ccccc1)c1ccccc1. The molecule has 0 aliphatic heterocycles. The van der Waals surface area contributed by atoms with Crippen LogP contribution in [0.2, 0.25) is 0 Å². The van der Waals surface area contributed by atoms with Crippen LogP contribution in [0.4, 0.5) is 0 Å². The quantitative estimate of drug-likeness (QED) is 0.291. The van der Waals surface area contributed by atoms with E-state index in [0.717, 1.165) is 0 Å². The molecule has 0 bridgehead atoms. The van der Waals surface area contributed by atoms with Crippen molar-refractivity contribution in [1.29, 1.82) is 0 Å². The predicted molar refractivity (Wildman–Crippen MR) is 130 cm³/mol.